The first kappa shape index (κ1) is 20.0. The van der Waals surface area contributed by atoms with Crippen molar-refractivity contribution in [3.8, 4) is 11.5 Å². The van der Waals surface area contributed by atoms with Gasteiger partial charge in [-0.05, 0) is 54.3 Å². The molecule has 0 bridgehead atoms. The molecule has 0 atom stereocenters. The third kappa shape index (κ3) is 5.89. The Morgan fingerprint density at radius 2 is 1.48 bits per heavy atom. The molecule has 0 unspecified atom stereocenters. The molecule has 0 spiro atoms. The zero-order chi connectivity index (χ0) is 19.8. The maximum Gasteiger partial charge on any atom is 0.259 e. The Hall–Kier alpha value is -3.27. The number of hydrogen-bond acceptors (Lipinski definition) is 3. The first-order valence-corrected chi connectivity index (χ1v) is 8.82. The quantitative estimate of drug-likeness (QED) is 0.578. The topological polar surface area (TPSA) is 69.6 Å². The van der Waals surface area contributed by atoms with Gasteiger partial charge in [-0.25, -0.2) is 0 Å². The van der Waals surface area contributed by atoms with Crippen molar-refractivity contribution in [2.75, 3.05) is 5.32 Å². The summed E-state index contributed by atoms with van der Waals surface area (Å²) in [5, 5.41) is 21.7. The Labute approximate surface area is 160 Å². The highest BCUT2D eigenvalue weighted by atomic mass is 16.3. The van der Waals surface area contributed by atoms with Crippen LogP contribution in [0.15, 0.2) is 72.8 Å². The van der Waals surface area contributed by atoms with Gasteiger partial charge in [0.2, 0.25) is 0 Å². The van der Waals surface area contributed by atoms with Crippen LogP contribution in [0.25, 0.3) is 0 Å². The molecule has 0 aromatic heterocycles. The van der Waals surface area contributed by atoms with Gasteiger partial charge in [0.25, 0.3) is 5.91 Å². The largest absolute Gasteiger partial charge is 0.508 e. The van der Waals surface area contributed by atoms with Crippen LogP contribution in [-0.4, -0.2) is 16.1 Å². The molecule has 0 aliphatic rings. The number of anilines is 1. The Morgan fingerprint density at radius 3 is 2.07 bits per heavy atom. The van der Waals surface area contributed by atoms with E-state index in [1.807, 2.05) is 37.3 Å². The number of nitrogens with one attached hydrogen (secondary N) is 1. The highest BCUT2D eigenvalue weighted by Gasteiger charge is 2.09. The van der Waals surface area contributed by atoms with E-state index in [9.17, 15) is 15.0 Å². The molecule has 4 nitrogen and oxygen atoms in total. The Morgan fingerprint density at radius 1 is 0.852 bits per heavy atom. The zero-order valence-electron chi connectivity index (χ0n) is 15.8. The maximum absolute atomic E-state index is 11.8. The third-order valence-corrected chi connectivity index (χ3v) is 3.99. The molecular weight excluding hydrogens is 338 g/mol. The van der Waals surface area contributed by atoms with Crippen molar-refractivity contribution < 1.29 is 15.0 Å². The van der Waals surface area contributed by atoms with E-state index in [-0.39, 0.29) is 17.2 Å². The number of rotatable bonds is 3. The average Bonchev–Trinajstić information content (AvgIpc) is 2.63. The third-order valence-electron chi connectivity index (χ3n) is 3.99. The second kappa shape index (κ2) is 9.43. The van der Waals surface area contributed by atoms with Crippen molar-refractivity contribution in [3.05, 3.63) is 89.5 Å². The molecule has 0 aliphatic heterocycles. The Balaban J connectivity index is 0.000000208. The molecule has 27 heavy (non-hydrogen) atoms. The summed E-state index contributed by atoms with van der Waals surface area (Å²) in [7, 11) is 0. The number of phenols is 2. The number of para-hydroxylation sites is 2. The number of amides is 1. The SMILES string of the molecule is Cc1ccc(C(C)C)c(O)c1.O=C(Nc1ccccc1)c1ccccc1O. The number of carbonyl (C=O) groups is 1. The average molecular weight is 363 g/mol. The molecule has 0 saturated heterocycles. The first-order valence-electron chi connectivity index (χ1n) is 8.82. The number of aromatic hydroxyl groups is 2. The normalized spacial score (nSPS) is 10.1. The lowest BCUT2D eigenvalue weighted by Gasteiger charge is -2.07. The van der Waals surface area contributed by atoms with Crippen LogP contribution in [-0.2, 0) is 0 Å². The van der Waals surface area contributed by atoms with E-state index < -0.39 is 0 Å². The van der Waals surface area contributed by atoms with E-state index in [0.29, 0.717) is 17.4 Å². The van der Waals surface area contributed by atoms with Crippen LogP contribution in [0, 0.1) is 6.92 Å². The number of phenolic OH excluding ortho intramolecular Hbond substituents is 2. The van der Waals surface area contributed by atoms with E-state index in [0.717, 1.165) is 11.1 Å². The molecule has 3 N–H and O–H groups in total. The molecule has 0 fully saturated rings. The minimum Gasteiger partial charge on any atom is -0.508 e. The van der Waals surface area contributed by atoms with Crippen LogP contribution in [0.5, 0.6) is 11.5 Å². The maximum atomic E-state index is 11.8. The fraction of sp³-hybridized carbons (Fsp3) is 0.174. The minimum absolute atomic E-state index is 0.0177. The fourth-order valence-corrected chi connectivity index (χ4v) is 2.53. The van der Waals surface area contributed by atoms with Crippen LogP contribution in [0.2, 0.25) is 0 Å². The van der Waals surface area contributed by atoms with Crippen LogP contribution < -0.4 is 5.32 Å². The molecule has 3 rings (SSSR count). The van der Waals surface area contributed by atoms with E-state index >= 15 is 0 Å². The summed E-state index contributed by atoms with van der Waals surface area (Å²) in [6.07, 6.45) is 0. The molecule has 3 aromatic rings. The summed E-state index contributed by atoms with van der Waals surface area (Å²) in [6.45, 7) is 6.12. The minimum atomic E-state index is -0.315. The van der Waals surface area contributed by atoms with Crippen molar-refractivity contribution >= 4 is 11.6 Å². The second-order valence-electron chi connectivity index (χ2n) is 6.55. The van der Waals surface area contributed by atoms with E-state index in [4.69, 9.17) is 0 Å². The summed E-state index contributed by atoms with van der Waals surface area (Å²) < 4.78 is 0. The molecule has 0 aliphatic carbocycles. The number of aryl methyl sites for hydroxylation is 1. The second-order valence-corrected chi connectivity index (χ2v) is 6.55. The highest BCUT2D eigenvalue weighted by Crippen LogP contribution is 2.25. The predicted octanol–water partition coefficient (Wildman–Crippen LogP) is 5.47. The lowest BCUT2D eigenvalue weighted by atomic mass is 10.0. The Kier molecular flexibility index (Phi) is 7.00. The van der Waals surface area contributed by atoms with Crippen LogP contribution in [0.1, 0.15) is 41.3 Å². The van der Waals surface area contributed by atoms with E-state index in [2.05, 4.69) is 19.2 Å². The monoisotopic (exact) mass is 363 g/mol. The van der Waals surface area contributed by atoms with E-state index in [1.54, 1.807) is 36.4 Å². The molecule has 4 heteroatoms. The van der Waals surface area contributed by atoms with Gasteiger partial charge in [-0.15, -0.1) is 0 Å². The van der Waals surface area contributed by atoms with Crippen molar-refractivity contribution in [1.29, 1.82) is 0 Å². The molecule has 1 amide bonds. The lowest BCUT2D eigenvalue weighted by molar-refractivity contribution is 0.102. The van der Waals surface area contributed by atoms with Crippen molar-refractivity contribution in [3.63, 3.8) is 0 Å². The van der Waals surface area contributed by atoms with Crippen molar-refractivity contribution in [1.82, 2.24) is 0 Å². The van der Waals surface area contributed by atoms with Gasteiger partial charge in [0, 0.05) is 5.69 Å². The first-order chi connectivity index (χ1) is 12.9. The van der Waals surface area contributed by atoms with Gasteiger partial charge >= 0.3 is 0 Å². The highest BCUT2D eigenvalue weighted by molar-refractivity contribution is 6.06. The standard InChI is InChI=1S/C13H11NO2.C10H14O/c15-12-9-5-4-8-11(12)13(16)14-10-6-2-1-3-7-10;1-7(2)9-5-4-8(3)6-10(9)11/h1-9,15H,(H,14,16);4-7,11H,1-3H3. The van der Waals surface area contributed by atoms with Gasteiger partial charge in [0.15, 0.2) is 0 Å². The van der Waals surface area contributed by atoms with Crippen LogP contribution in [0.3, 0.4) is 0 Å². The van der Waals surface area contributed by atoms with Gasteiger partial charge < -0.3 is 15.5 Å². The summed E-state index contributed by atoms with van der Waals surface area (Å²) in [5.41, 5.74) is 3.10. The summed E-state index contributed by atoms with van der Waals surface area (Å²) in [4.78, 5) is 11.8. The van der Waals surface area contributed by atoms with Crippen molar-refractivity contribution in [2.45, 2.75) is 26.7 Å². The summed E-state index contributed by atoms with van der Waals surface area (Å²) in [5.74, 6) is 0.482. The van der Waals surface area contributed by atoms with Gasteiger partial charge in [-0.1, -0.05) is 56.3 Å². The molecule has 0 saturated carbocycles. The summed E-state index contributed by atoms with van der Waals surface area (Å²) in [6, 6.07) is 21.4. The summed E-state index contributed by atoms with van der Waals surface area (Å²) >= 11 is 0. The van der Waals surface area contributed by atoms with Gasteiger partial charge in [0.1, 0.15) is 11.5 Å². The van der Waals surface area contributed by atoms with Crippen LogP contribution in [0.4, 0.5) is 5.69 Å². The predicted molar refractivity (Wildman–Crippen MR) is 109 cm³/mol. The van der Waals surface area contributed by atoms with E-state index in [1.165, 1.54) is 6.07 Å². The molecule has 0 radical (unpaired) electrons. The lowest BCUT2D eigenvalue weighted by Crippen LogP contribution is -2.11. The molecule has 3 aromatic carbocycles. The Bertz CT molecular complexity index is 889. The van der Waals surface area contributed by atoms with Gasteiger partial charge in [0.05, 0.1) is 5.56 Å². The number of carbonyl (C=O) groups excluding carboxylic acids is 1. The van der Waals surface area contributed by atoms with Crippen molar-refractivity contribution in [2.24, 2.45) is 0 Å². The smallest absolute Gasteiger partial charge is 0.259 e. The zero-order valence-corrected chi connectivity index (χ0v) is 15.8. The molecule has 0 heterocycles. The molecular formula is C23H25NO3. The van der Waals surface area contributed by atoms with Crippen LogP contribution >= 0.6 is 0 Å². The number of benzene rings is 3. The molecule has 140 valence electrons. The van der Waals surface area contributed by atoms with Gasteiger partial charge in [-0.3, -0.25) is 4.79 Å². The number of hydrogen-bond donors (Lipinski definition) is 3. The van der Waals surface area contributed by atoms with Gasteiger partial charge in [-0.2, -0.15) is 0 Å². The fourth-order valence-electron chi connectivity index (χ4n) is 2.53.